The fraction of sp³-hybridized carbons (Fsp3) is 0.250. The zero-order chi connectivity index (χ0) is 19.5. The van der Waals surface area contributed by atoms with Gasteiger partial charge in [0.15, 0.2) is 4.80 Å². The van der Waals surface area contributed by atoms with Crippen LogP contribution in [0.1, 0.15) is 12.8 Å². The molecule has 2 aromatic carbocycles. The molecule has 1 aliphatic heterocycles. The molecule has 1 atom stereocenters. The van der Waals surface area contributed by atoms with Gasteiger partial charge in [0.25, 0.3) is 5.69 Å². The molecule has 1 unspecified atom stereocenters. The normalized spacial score (nSPS) is 17.2. The summed E-state index contributed by atoms with van der Waals surface area (Å²) in [6.45, 7) is 1.43. The number of nitrogens with zero attached hydrogens (tertiary/aromatic N) is 3. The Balaban J connectivity index is 1.80. The smallest absolute Gasteiger partial charge is 0.270 e. The van der Waals surface area contributed by atoms with Crippen molar-refractivity contribution >= 4 is 34.3 Å². The molecule has 0 saturated carbocycles. The molecule has 1 aliphatic rings. The molecule has 144 valence electrons. The van der Waals surface area contributed by atoms with Crippen LogP contribution < -0.4 is 4.80 Å². The van der Waals surface area contributed by atoms with Gasteiger partial charge in [-0.15, -0.1) is 11.3 Å². The van der Waals surface area contributed by atoms with Crippen molar-refractivity contribution in [2.45, 2.75) is 25.5 Å². The fourth-order valence-corrected chi connectivity index (χ4v) is 4.29. The largest absolute Gasteiger partial charge is 0.376 e. The SMILES string of the molecule is O=[N+]([O-])c1cccc(-c2csc(=Nc3ccc(Cl)cc3)n2CC2CCCO2)c1. The first-order valence-electron chi connectivity index (χ1n) is 8.95. The molecule has 0 aliphatic carbocycles. The molecule has 1 saturated heterocycles. The number of hydrogen-bond donors (Lipinski definition) is 0. The lowest BCUT2D eigenvalue weighted by Crippen LogP contribution is -2.24. The van der Waals surface area contributed by atoms with E-state index in [4.69, 9.17) is 21.3 Å². The second-order valence-corrected chi connectivity index (χ2v) is 7.82. The average molecular weight is 416 g/mol. The molecule has 0 N–H and O–H groups in total. The topological polar surface area (TPSA) is 69.7 Å². The molecule has 0 spiro atoms. The molecule has 1 aromatic heterocycles. The van der Waals surface area contributed by atoms with E-state index in [9.17, 15) is 10.1 Å². The van der Waals surface area contributed by atoms with Gasteiger partial charge in [-0.25, -0.2) is 4.99 Å². The molecule has 28 heavy (non-hydrogen) atoms. The van der Waals surface area contributed by atoms with Gasteiger partial charge in [0.1, 0.15) is 0 Å². The van der Waals surface area contributed by atoms with Crippen molar-refractivity contribution < 1.29 is 9.66 Å². The van der Waals surface area contributed by atoms with Crippen molar-refractivity contribution in [2.24, 2.45) is 4.99 Å². The monoisotopic (exact) mass is 415 g/mol. The van der Waals surface area contributed by atoms with Gasteiger partial charge in [-0.05, 0) is 37.1 Å². The van der Waals surface area contributed by atoms with Crippen molar-refractivity contribution in [2.75, 3.05) is 6.61 Å². The Morgan fingerprint density at radius 1 is 1.29 bits per heavy atom. The Morgan fingerprint density at radius 3 is 2.82 bits per heavy atom. The van der Waals surface area contributed by atoms with E-state index < -0.39 is 0 Å². The summed E-state index contributed by atoms with van der Waals surface area (Å²) in [6, 6.07) is 14.0. The second kappa shape index (κ2) is 8.26. The maximum Gasteiger partial charge on any atom is 0.270 e. The van der Waals surface area contributed by atoms with Crippen molar-refractivity contribution in [3.8, 4) is 11.3 Å². The lowest BCUT2D eigenvalue weighted by atomic mass is 10.1. The highest BCUT2D eigenvalue weighted by Crippen LogP contribution is 2.26. The van der Waals surface area contributed by atoms with Crippen molar-refractivity contribution in [3.63, 3.8) is 0 Å². The number of non-ortho nitro benzene ring substituents is 1. The summed E-state index contributed by atoms with van der Waals surface area (Å²) >= 11 is 7.47. The summed E-state index contributed by atoms with van der Waals surface area (Å²) in [4.78, 5) is 16.4. The van der Waals surface area contributed by atoms with Crippen molar-refractivity contribution in [1.82, 2.24) is 4.57 Å². The van der Waals surface area contributed by atoms with Crippen LogP contribution in [0.5, 0.6) is 0 Å². The highest BCUT2D eigenvalue weighted by molar-refractivity contribution is 7.07. The lowest BCUT2D eigenvalue weighted by Gasteiger charge is -2.14. The third kappa shape index (κ3) is 4.16. The number of hydrogen-bond acceptors (Lipinski definition) is 5. The average Bonchev–Trinajstić information content (AvgIpc) is 3.35. The van der Waals surface area contributed by atoms with E-state index in [0.29, 0.717) is 11.6 Å². The zero-order valence-electron chi connectivity index (χ0n) is 15.0. The highest BCUT2D eigenvalue weighted by atomic mass is 35.5. The summed E-state index contributed by atoms with van der Waals surface area (Å²) in [5.41, 5.74) is 2.57. The summed E-state index contributed by atoms with van der Waals surface area (Å²) in [7, 11) is 0. The van der Waals surface area contributed by atoms with Gasteiger partial charge in [-0.3, -0.25) is 10.1 Å². The van der Waals surface area contributed by atoms with E-state index in [0.717, 1.165) is 41.2 Å². The van der Waals surface area contributed by atoms with Gasteiger partial charge in [-0.1, -0.05) is 23.7 Å². The number of ether oxygens (including phenoxy) is 1. The maximum atomic E-state index is 11.2. The molecule has 0 bridgehead atoms. The number of thiazole rings is 1. The van der Waals surface area contributed by atoms with Crippen LogP contribution in [-0.2, 0) is 11.3 Å². The van der Waals surface area contributed by atoms with Gasteiger partial charge < -0.3 is 9.30 Å². The summed E-state index contributed by atoms with van der Waals surface area (Å²) in [5.74, 6) is 0. The van der Waals surface area contributed by atoms with Crippen LogP contribution in [0.4, 0.5) is 11.4 Å². The number of halogens is 1. The maximum absolute atomic E-state index is 11.2. The fourth-order valence-electron chi connectivity index (χ4n) is 3.22. The van der Waals surface area contributed by atoms with Crippen LogP contribution in [0.15, 0.2) is 58.9 Å². The van der Waals surface area contributed by atoms with Gasteiger partial charge in [0.05, 0.1) is 29.0 Å². The Hall–Kier alpha value is -2.48. The first-order valence-corrected chi connectivity index (χ1v) is 10.2. The third-order valence-electron chi connectivity index (χ3n) is 4.61. The molecular weight excluding hydrogens is 398 g/mol. The molecule has 2 heterocycles. The van der Waals surface area contributed by atoms with E-state index >= 15 is 0 Å². The second-order valence-electron chi connectivity index (χ2n) is 6.54. The molecule has 1 fully saturated rings. The number of nitro benzene ring substituents is 1. The zero-order valence-corrected chi connectivity index (χ0v) is 16.5. The van der Waals surface area contributed by atoms with Gasteiger partial charge in [0, 0.05) is 34.7 Å². The predicted octanol–water partition coefficient (Wildman–Crippen LogP) is 5.19. The summed E-state index contributed by atoms with van der Waals surface area (Å²) in [6.07, 6.45) is 2.17. The minimum Gasteiger partial charge on any atom is -0.376 e. The predicted molar refractivity (Wildman–Crippen MR) is 110 cm³/mol. The van der Waals surface area contributed by atoms with E-state index in [1.807, 2.05) is 23.6 Å². The van der Waals surface area contributed by atoms with Gasteiger partial charge in [-0.2, -0.15) is 0 Å². The number of aromatic nitrogens is 1. The van der Waals surface area contributed by atoms with Crippen LogP contribution in [0.25, 0.3) is 11.3 Å². The molecule has 0 radical (unpaired) electrons. The Labute approximate surface area is 170 Å². The van der Waals surface area contributed by atoms with E-state index in [-0.39, 0.29) is 16.7 Å². The van der Waals surface area contributed by atoms with Gasteiger partial charge in [0.2, 0.25) is 0 Å². The molecule has 4 rings (SSSR count). The molecule has 3 aromatic rings. The number of rotatable bonds is 5. The van der Waals surface area contributed by atoms with Crippen LogP contribution in [0.2, 0.25) is 5.02 Å². The Kier molecular flexibility index (Phi) is 5.57. The van der Waals surface area contributed by atoms with Crippen LogP contribution in [-0.4, -0.2) is 22.2 Å². The third-order valence-corrected chi connectivity index (χ3v) is 5.73. The number of benzene rings is 2. The molecule has 6 nitrogen and oxygen atoms in total. The lowest BCUT2D eigenvalue weighted by molar-refractivity contribution is -0.384. The quantitative estimate of drug-likeness (QED) is 0.425. The first kappa shape index (κ1) is 18.9. The minimum absolute atomic E-state index is 0.0727. The number of nitro groups is 1. The Morgan fingerprint density at radius 2 is 2.11 bits per heavy atom. The van der Waals surface area contributed by atoms with E-state index in [1.165, 1.54) is 17.4 Å². The van der Waals surface area contributed by atoms with Crippen LogP contribution >= 0.6 is 22.9 Å². The highest BCUT2D eigenvalue weighted by Gasteiger charge is 2.19. The van der Waals surface area contributed by atoms with Crippen LogP contribution in [0.3, 0.4) is 0 Å². The summed E-state index contributed by atoms with van der Waals surface area (Å²) < 4.78 is 7.91. The van der Waals surface area contributed by atoms with Gasteiger partial charge >= 0.3 is 0 Å². The van der Waals surface area contributed by atoms with Crippen molar-refractivity contribution in [3.05, 3.63) is 73.8 Å². The summed E-state index contributed by atoms with van der Waals surface area (Å²) in [5, 5.41) is 13.8. The minimum atomic E-state index is -0.376. The van der Waals surface area contributed by atoms with E-state index in [2.05, 4.69) is 4.57 Å². The van der Waals surface area contributed by atoms with Crippen molar-refractivity contribution in [1.29, 1.82) is 0 Å². The standard InChI is InChI=1S/C20H18ClN3O3S/c21-15-6-8-16(9-7-15)22-20-23(12-18-5-2-10-27-18)19(13-28-20)14-3-1-4-17(11-14)24(25)26/h1,3-4,6-9,11,13,18H,2,5,10,12H2. The molecule has 8 heteroatoms. The molecular formula is C20H18ClN3O3S. The van der Waals surface area contributed by atoms with E-state index in [1.54, 1.807) is 24.3 Å². The Bertz CT molecular complexity index is 1050. The first-order chi connectivity index (χ1) is 13.6. The van der Waals surface area contributed by atoms with Crippen LogP contribution in [0, 0.1) is 10.1 Å². The molecule has 0 amide bonds.